The summed E-state index contributed by atoms with van der Waals surface area (Å²) in [5.74, 6) is 2.68. The van der Waals surface area contributed by atoms with Crippen molar-refractivity contribution in [2.24, 2.45) is 0 Å². The van der Waals surface area contributed by atoms with Crippen LogP contribution >= 0.6 is 8.60 Å². The van der Waals surface area contributed by atoms with Crippen molar-refractivity contribution in [1.82, 2.24) is 0 Å². The van der Waals surface area contributed by atoms with Gasteiger partial charge in [0.25, 0.3) is 0 Å². The number of aryl methyl sites for hydroxylation is 7. The molecule has 0 amide bonds. The van der Waals surface area contributed by atoms with Gasteiger partial charge in [-0.15, -0.1) is 0 Å². The highest BCUT2D eigenvalue weighted by molar-refractivity contribution is 7.43. The summed E-state index contributed by atoms with van der Waals surface area (Å²) in [5.41, 5.74) is 13.1. The monoisotopic (exact) mass is 796 g/mol. The summed E-state index contributed by atoms with van der Waals surface area (Å²) in [4.78, 5) is 13.6. The lowest BCUT2D eigenvalue weighted by Gasteiger charge is -2.31. The van der Waals surface area contributed by atoms with Crippen LogP contribution in [0.2, 0.25) is 0 Å². The highest BCUT2D eigenvalue weighted by Crippen LogP contribution is 2.54. The molecule has 0 saturated carbocycles. The van der Waals surface area contributed by atoms with Crippen molar-refractivity contribution in [2.75, 3.05) is 0 Å². The van der Waals surface area contributed by atoms with Crippen molar-refractivity contribution in [1.29, 1.82) is 0 Å². The molecule has 6 nitrogen and oxygen atoms in total. The van der Waals surface area contributed by atoms with Crippen molar-refractivity contribution in [3.05, 3.63) is 103 Å². The Balaban J connectivity index is 2.12. The fraction of sp³-hybridized carbons (Fsp3) is 0.500. The van der Waals surface area contributed by atoms with Crippen LogP contribution in [0.4, 0.5) is 4.79 Å². The highest BCUT2D eigenvalue weighted by Gasteiger charge is 2.34. The van der Waals surface area contributed by atoms with E-state index in [1.807, 2.05) is 20.8 Å². The quantitative estimate of drug-likeness (QED) is 0.0905. The topological polar surface area (TPSA) is 63.2 Å². The van der Waals surface area contributed by atoms with Gasteiger partial charge in [-0.05, 0) is 144 Å². The molecule has 0 heterocycles. The number of carbonyl (C=O) groups excluding carboxylic acids is 1. The van der Waals surface area contributed by atoms with Crippen LogP contribution in [0.15, 0.2) is 36.4 Å². The molecule has 0 bridgehead atoms. The van der Waals surface area contributed by atoms with E-state index in [9.17, 15) is 4.79 Å². The summed E-state index contributed by atoms with van der Waals surface area (Å²) in [6.45, 7) is 41.9. The third kappa shape index (κ3) is 10.5. The Morgan fingerprint density at radius 3 is 1.40 bits per heavy atom. The lowest BCUT2D eigenvalue weighted by atomic mass is 9.84. The SMILES string of the molecule is CCc1cc(C)c(C)c(-c2c(C)c(C)cc(C(C)C)c2OC(=O)OC(C)(C)C)c1OP(Oc1c(C)cc(C)cc1C(C)(C)C)Oc1c(C)cc(C)cc1C(C)(C)C. The Morgan fingerprint density at radius 1 is 0.579 bits per heavy atom. The van der Waals surface area contributed by atoms with E-state index in [2.05, 4.69) is 154 Å². The summed E-state index contributed by atoms with van der Waals surface area (Å²) in [6.07, 6.45) is -0.0647. The third-order valence-corrected chi connectivity index (χ3v) is 11.5. The number of ether oxygens (including phenoxy) is 2. The molecule has 310 valence electrons. The van der Waals surface area contributed by atoms with Crippen LogP contribution in [0, 0.1) is 55.4 Å². The zero-order valence-corrected chi connectivity index (χ0v) is 39.5. The minimum atomic E-state index is -2.13. The molecule has 0 aromatic heterocycles. The van der Waals surface area contributed by atoms with Crippen molar-refractivity contribution in [3.63, 3.8) is 0 Å². The number of hydrogen-bond acceptors (Lipinski definition) is 6. The van der Waals surface area contributed by atoms with E-state index < -0.39 is 20.4 Å². The van der Waals surface area contributed by atoms with E-state index in [4.69, 9.17) is 23.0 Å². The van der Waals surface area contributed by atoms with Crippen LogP contribution in [-0.2, 0) is 22.0 Å². The summed E-state index contributed by atoms with van der Waals surface area (Å²) in [5, 5.41) is 0. The molecule has 0 unspecified atom stereocenters. The Labute approximate surface area is 346 Å². The maximum Gasteiger partial charge on any atom is 0.530 e. The van der Waals surface area contributed by atoms with Gasteiger partial charge in [0, 0.05) is 22.3 Å². The Morgan fingerprint density at radius 2 is 1.00 bits per heavy atom. The van der Waals surface area contributed by atoms with Gasteiger partial charge in [0.15, 0.2) is 0 Å². The van der Waals surface area contributed by atoms with E-state index in [0.717, 1.165) is 78.3 Å². The van der Waals surface area contributed by atoms with Crippen LogP contribution in [0.25, 0.3) is 11.1 Å². The molecular formula is C50H69O6P. The predicted molar refractivity (Wildman–Crippen MR) is 239 cm³/mol. The van der Waals surface area contributed by atoms with Crippen molar-refractivity contribution >= 4 is 14.8 Å². The molecule has 4 aromatic rings. The van der Waals surface area contributed by atoms with E-state index in [0.29, 0.717) is 17.9 Å². The molecule has 0 N–H and O–H groups in total. The number of hydrogen-bond donors (Lipinski definition) is 0. The van der Waals surface area contributed by atoms with E-state index >= 15 is 0 Å². The molecule has 0 spiro atoms. The first-order valence-corrected chi connectivity index (χ1v) is 21.5. The molecule has 0 atom stereocenters. The largest absolute Gasteiger partial charge is 0.530 e. The second kappa shape index (κ2) is 17.1. The van der Waals surface area contributed by atoms with Gasteiger partial charge in [0.05, 0.1) is 0 Å². The molecule has 0 aliphatic carbocycles. The molecule has 57 heavy (non-hydrogen) atoms. The molecule has 7 heteroatoms. The fourth-order valence-electron chi connectivity index (χ4n) is 7.29. The summed E-state index contributed by atoms with van der Waals surface area (Å²) < 4.78 is 33.7. The van der Waals surface area contributed by atoms with Gasteiger partial charge in [-0.1, -0.05) is 110 Å². The number of carbonyl (C=O) groups is 1. The molecule has 4 rings (SSSR count). The summed E-state index contributed by atoms with van der Waals surface area (Å²) >= 11 is 0. The number of rotatable bonds is 10. The van der Waals surface area contributed by atoms with Crippen LogP contribution in [0.1, 0.15) is 156 Å². The van der Waals surface area contributed by atoms with Gasteiger partial charge in [-0.3, -0.25) is 0 Å². The van der Waals surface area contributed by atoms with Crippen molar-refractivity contribution in [2.45, 2.75) is 167 Å². The Kier molecular flexibility index (Phi) is 13.7. The van der Waals surface area contributed by atoms with Crippen LogP contribution in [-0.4, -0.2) is 11.8 Å². The molecule has 0 fully saturated rings. The second-order valence-corrected chi connectivity index (χ2v) is 20.3. The molecule has 0 aliphatic rings. The lowest BCUT2D eigenvalue weighted by Crippen LogP contribution is -2.26. The maximum absolute atomic E-state index is 13.6. The molecule has 0 saturated heterocycles. The van der Waals surface area contributed by atoms with E-state index in [1.165, 1.54) is 11.1 Å². The van der Waals surface area contributed by atoms with Gasteiger partial charge in [-0.2, -0.15) is 0 Å². The number of benzene rings is 4. The standard InChI is InChI=1S/C50H69O6P/c1-21-37-26-31(6)35(10)41(42-36(11)32(7)27-38(28(2)3)46(42)52-47(51)53-50(18,19)20)45(37)56-57(54-43-33(8)22-29(4)24-39(43)48(12,13)14)55-44-34(9)23-30(5)25-40(44)49(15,16)17/h22-28H,21H2,1-20H3. The van der Waals surface area contributed by atoms with Gasteiger partial charge in [-0.25, -0.2) is 4.79 Å². The Hall–Kier alpha value is -4.02. The van der Waals surface area contributed by atoms with Gasteiger partial charge >= 0.3 is 14.8 Å². The van der Waals surface area contributed by atoms with Crippen molar-refractivity contribution in [3.8, 4) is 34.1 Å². The average molecular weight is 797 g/mol. The lowest BCUT2D eigenvalue weighted by molar-refractivity contribution is 0.0205. The summed E-state index contributed by atoms with van der Waals surface area (Å²) in [6, 6.07) is 13.0. The normalized spacial score (nSPS) is 12.3. The first-order valence-electron chi connectivity index (χ1n) is 20.4. The van der Waals surface area contributed by atoms with Crippen molar-refractivity contribution < 1.29 is 27.8 Å². The summed E-state index contributed by atoms with van der Waals surface area (Å²) in [7, 11) is -2.13. The Bertz CT molecular complexity index is 2070. The highest BCUT2D eigenvalue weighted by atomic mass is 31.2. The maximum atomic E-state index is 13.6. The molecule has 4 aromatic carbocycles. The smallest absolute Gasteiger partial charge is 0.428 e. The van der Waals surface area contributed by atoms with Crippen LogP contribution in [0.5, 0.6) is 23.0 Å². The minimum absolute atomic E-state index is 0.0464. The molecular weight excluding hydrogens is 728 g/mol. The second-order valence-electron chi connectivity index (χ2n) is 19.3. The zero-order valence-electron chi connectivity index (χ0n) is 38.6. The van der Waals surface area contributed by atoms with E-state index in [-0.39, 0.29) is 16.7 Å². The molecule has 0 radical (unpaired) electrons. The van der Waals surface area contributed by atoms with Gasteiger partial charge in [0.1, 0.15) is 28.6 Å². The molecule has 0 aliphatic heterocycles. The zero-order chi connectivity index (χ0) is 43.1. The van der Waals surface area contributed by atoms with E-state index in [1.54, 1.807) is 0 Å². The first-order chi connectivity index (χ1) is 26.1. The van der Waals surface area contributed by atoms with Gasteiger partial charge < -0.3 is 23.0 Å². The van der Waals surface area contributed by atoms with Gasteiger partial charge in [0.2, 0.25) is 0 Å². The average Bonchev–Trinajstić information content (AvgIpc) is 3.05. The fourth-order valence-corrected chi connectivity index (χ4v) is 8.54. The predicted octanol–water partition coefficient (Wildman–Crippen LogP) is 15.2. The third-order valence-electron chi connectivity index (χ3n) is 10.5. The minimum Gasteiger partial charge on any atom is -0.428 e. The van der Waals surface area contributed by atoms with Crippen LogP contribution < -0.4 is 18.3 Å². The van der Waals surface area contributed by atoms with Crippen LogP contribution in [0.3, 0.4) is 0 Å². The first kappa shape index (κ1) is 45.7.